The summed E-state index contributed by atoms with van der Waals surface area (Å²) in [6.07, 6.45) is 0. The number of carbonyl (C=O) groups is 2. The molecule has 2 N–H and O–H groups in total. The van der Waals surface area contributed by atoms with E-state index >= 15 is 0 Å². The summed E-state index contributed by atoms with van der Waals surface area (Å²) in [7, 11) is 0. The quantitative estimate of drug-likeness (QED) is 0.775. The van der Waals surface area contributed by atoms with Gasteiger partial charge >= 0.3 is 0 Å². The van der Waals surface area contributed by atoms with E-state index in [1.54, 1.807) is 0 Å². The van der Waals surface area contributed by atoms with Gasteiger partial charge in [0.15, 0.2) is 5.13 Å². The van der Waals surface area contributed by atoms with Crippen LogP contribution in [0.15, 0.2) is 34.5 Å². The summed E-state index contributed by atoms with van der Waals surface area (Å²) in [5.41, 5.74) is 1.74. The average molecular weight is 349 g/mol. The molecule has 0 unspecified atom stereocenters. The van der Waals surface area contributed by atoms with Gasteiger partial charge in [-0.05, 0) is 30.2 Å². The Hall–Kier alpha value is -1.86. The lowest BCUT2D eigenvalue weighted by Gasteiger charge is -2.05. The molecule has 0 aliphatic carbocycles. The van der Waals surface area contributed by atoms with Crippen LogP contribution in [-0.4, -0.2) is 22.6 Å². The first-order valence-corrected chi connectivity index (χ1v) is 9.06. The van der Waals surface area contributed by atoms with Crippen molar-refractivity contribution in [3.05, 3.63) is 35.3 Å². The smallest absolute Gasteiger partial charge is 0.236 e. The molecular weight excluding hydrogens is 330 g/mol. The van der Waals surface area contributed by atoms with Gasteiger partial charge < -0.3 is 10.6 Å². The van der Waals surface area contributed by atoms with Crippen LogP contribution in [0.25, 0.3) is 0 Å². The zero-order valence-corrected chi connectivity index (χ0v) is 14.9. The minimum absolute atomic E-state index is 0.0782. The number of thiazole rings is 1. The summed E-state index contributed by atoms with van der Waals surface area (Å²) < 4.78 is 0. The molecule has 0 fully saturated rings. The third kappa shape index (κ3) is 5.69. The Labute approximate surface area is 143 Å². The molecule has 0 aliphatic rings. The minimum atomic E-state index is -0.103. The Morgan fingerprint density at radius 2 is 1.91 bits per heavy atom. The zero-order valence-electron chi connectivity index (χ0n) is 13.3. The average Bonchev–Trinajstić information content (AvgIpc) is 2.95. The molecule has 7 heteroatoms. The molecule has 1 aromatic carbocycles. The summed E-state index contributed by atoms with van der Waals surface area (Å²) in [5.74, 6) is 0.490. The van der Waals surface area contributed by atoms with Gasteiger partial charge in [-0.1, -0.05) is 13.8 Å². The lowest BCUT2D eigenvalue weighted by Crippen LogP contribution is -2.13. The Morgan fingerprint density at radius 1 is 1.22 bits per heavy atom. The van der Waals surface area contributed by atoms with Crippen LogP contribution < -0.4 is 10.6 Å². The van der Waals surface area contributed by atoms with Crippen molar-refractivity contribution in [1.29, 1.82) is 0 Å². The van der Waals surface area contributed by atoms with Gasteiger partial charge in [-0.3, -0.25) is 9.59 Å². The van der Waals surface area contributed by atoms with Crippen LogP contribution in [0.4, 0.5) is 10.8 Å². The van der Waals surface area contributed by atoms with Crippen LogP contribution >= 0.6 is 23.1 Å². The number of hydrogen-bond donors (Lipinski definition) is 2. The highest BCUT2D eigenvalue weighted by Gasteiger charge is 2.09. The predicted molar refractivity (Wildman–Crippen MR) is 96.3 cm³/mol. The van der Waals surface area contributed by atoms with Crippen LogP contribution in [0.2, 0.25) is 0 Å². The molecule has 0 spiro atoms. The standard InChI is InChI=1S/C16H19N3O2S2/c1-10(2)14-8-23-16(18-14)19-15(21)9-22-13-6-4-12(5-7-13)17-11(3)20/h4-8,10H,9H2,1-3H3,(H,17,20)(H,18,19,21). The van der Waals surface area contributed by atoms with E-state index in [-0.39, 0.29) is 11.8 Å². The topological polar surface area (TPSA) is 71.1 Å². The van der Waals surface area contributed by atoms with Crippen LogP contribution in [0.3, 0.4) is 0 Å². The first-order chi connectivity index (χ1) is 10.9. The summed E-state index contributed by atoms with van der Waals surface area (Å²) in [6, 6.07) is 7.39. The largest absolute Gasteiger partial charge is 0.326 e. The number of rotatable bonds is 6. The number of thioether (sulfide) groups is 1. The van der Waals surface area contributed by atoms with Gasteiger partial charge in [-0.25, -0.2) is 4.98 Å². The molecule has 1 heterocycles. The van der Waals surface area contributed by atoms with Gasteiger partial charge in [0.05, 0.1) is 11.4 Å². The first-order valence-electron chi connectivity index (χ1n) is 7.20. The summed E-state index contributed by atoms with van der Waals surface area (Å²) in [4.78, 5) is 28.3. The number of aromatic nitrogens is 1. The summed E-state index contributed by atoms with van der Waals surface area (Å²) in [5, 5.41) is 8.13. The van der Waals surface area contributed by atoms with Crippen LogP contribution in [-0.2, 0) is 9.59 Å². The Balaban J connectivity index is 1.82. The zero-order chi connectivity index (χ0) is 16.8. The van der Waals surface area contributed by atoms with Crippen molar-refractivity contribution in [2.24, 2.45) is 0 Å². The van der Waals surface area contributed by atoms with Gasteiger partial charge in [0.1, 0.15) is 0 Å². The molecule has 0 atom stereocenters. The van der Waals surface area contributed by atoms with Crippen LogP contribution in [0.5, 0.6) is 0 Å². The molecule has 2 aromatic rings. The number of nitrogens with one attached hydrogen (secondary N) is 2. The monoisotopic (exact) mass is 349 g/mol. The molecular formula is C16H19N3O2S2. The molecule has 0 bridgehead atoms. The van der Waals surface area contributed by atoms with Crippen LogP contribution in [0, 0.1) is 0 Å². The summed E-state index contributed by atoms with van der Waals surface area (Å²) in [6.45, 7) is 5.61. The van der Waals surface area contributed by atoms with Gasteiger partial charge in [0, 0.05) is 22.9 Å². The molecule has 1 aromatic heterocycles. The highest BCUT2D eigenvalue weighted by molar-refractivity contribution is 8.00. The second-order valence-electron chi connectivity index (χ2n) is 5.27. The molecule has 0 aliphatic heterocycles. The van der Waals surface area contributed by atoms with Crippen molar-refractivity contribution in [3.8, 4) is 0 Å². The number of hydrogen-bond acceptors (Lipinski definition) is 5. The van der Waals surface area contributed by atoms with E-state index in [0.29, 0.717) is 16.8 Å². The van der Waals surface area contributed by atoms with Crippen molar-refractivity contribution >= 4 is 45.7 Å². The molecule has 5 nitrogen and oxygen atoms in total. The van der Waals surface area contributed by atoms with Crippen molar-refractivity contribution in [2.45, 2.75) is 31.6 Å². The lowest BCUT2D eigenvalue weighted by atomic mass is 10.2. The number of nitrogens with zero attached hydrogens (tertiary/aromatic N) is 1. The second kappa shape index (κ2) is 8.12. The van der Waals surface area contributed by atoms with E-state index in [0.717, 1.165) is 16.3 Å². The highest BCUT2D eigenvalue weighted by Crippen LogP contribution is 2.23. The van der Waals surface area contributed by atoms with E-state index in [2.05, 4.69) is 29.5 Å². The Kier molecular flexibility index (Phi) is 6.18. The van der Waals surface area contributed by atoms with Gasteiger partial charge in [0.2, 0.25) is 11.8 Å². The van der Waals surface area contributed by atoms with Crippen molar-refractivity contribution in [2.75, 3.05) is 16.4 Å². The highest BCUT2D eigenvalue weighted by atomic mass is 32.2. The fourth-order valence-electron chi connectivity index (χ4n) is 1.75. The molecule has 23 heavy (non-hydrogen) atoms. The molecule has 0 saturated carbocycles. The minimum Gasteiger partial charge on any atom is -0.326 e. The first kappa shape index (κ1) is 17.5. The van der Waals surface area contributed by atoms with E-state index in [1.165, 1.54) is 30.0 Å². The maximum atomic E-state index is 12.0. The maximum Gasteiger partial charge on any atom is 0.236 e. The third-order valence-electron chi connectivity index (χ3n) is 2.90. The maximum absolute atomic E-state index is 12.0. The Morgan fingerprint density at radius 3 is 2.48 bits per heavy atom. The SMILES string of the molecule is CC(=O)Nc1ccc(SCC(=O)Nc2nc(C(C)C)cs2)cc1. The number of amides is 2. The Bertz CT molecular complexity index is 681. The predicted octanol–water partition coefficient (Wildman–Crippen LogP) is 3.96. The number of carbonyl (C=O) groups excluding carboxylic acids is 2. The molecule has 0 saturated heterocycles. The van der Waals surface area contributed by atoms with E-state index in [1.807, 2.05) is 29.6 Å². The number of benzene rings is 1. The van der Waals surface area contributed by atoms with E-state index in [4.69, 9.17) is 0 Å². The van der Waals surface area contributed by atoms with Gasteiger partial charge in [0.25, 0.3) is 0 Å². The second-order valence-corrected chi connectivity index (χ2v) is 7.18. The van der Waals surface area contributed by atoms with Crippen LogP contribution in [0.1, 0.15) is 32.4 Å². The fraction of sp³-hybridized carbons (Fsp3) is 0.312. The normalized spacial score (nSPS) is 10.6. The summed E-state index contributed by atoms with van der Waals surface area (Å²) >= 11 is 2.88. The molecule has 0 radical (unpaired) electrons. The third-order valence-corrected chi connectivity index (χ3v) is 4.69. The molecule has 122 valence electrons. The van der Waals surface area contributed by atoms with Gasteiger partial charge in [-0.2, -0.15) is 0 Å². The van der Waals surface area contributed by atoms with E-state index < -0.39 is 0 Å². The molecule has 2 amide bonds. The lowest BCUT2D eigenvalue weighted by molar-refractivity contribution is -0.114. The molecule has 2 rings (SSSR count). The fourth-order valence-corrected chi connectivity index (χ4v) is 3.34. The number of anilines is 2. The van der Waals surface area contributed by atoms with Gasteiger partial charge in [-0.15, -0.1) is 23.1 Å². The van der Waals surface area contributed by atoms with Crippen molar-refractivity contribution < 1.29 is 9.59 Å². The van der Waals surface area contributed by atoms with Crippen molar-refractivity contribution in [3.63, 3.8) is 0 Å². The van der Waals surface area contributed by atoms with Crippen molar-refractivity contribution in [1.82, 2.24) is 4.98 Å². The van der Waals surface area contributed by atoms with E-state index in [9.17, 15) is 9.59 Å².